The fourth-order valence-electron chi connectivity index (χ4n) is 3.79. The van der Waals surface area contributed by atoms with Gasteiger partial charge in [-0.3, -0.25) is 4.79 Å². The van der Waals surface area contributed by atoms with Crippen molar-refractivity contribution in [3.8, 4) is 0 Å². The van der Waals surface area contributed by atoms with Gasteiger partial charge < -0.3 is 4.90 Å². The fraction of sp³-hybridized carbons (Fsp3) is 0.261. The zero-order valence-electron chi connectivity index (χ0n) is 17.2. The zero-order chi connectivity index (χ0) is 22.7. The Hall–Kier alpha value is -2.62. The highest BCUT2D eigenvalue weighted by atomic mass is 32.2. The molecule has 2 aromatic carbocycles. The molecule has 4 rings (SSSR count). The second-order valence-electron chi connectivity index (χ2n) is 7.61. The van der Waals surface area contributed by atoms with Crippen LogP contribution >= 0.6 is 11.3 Å². The van der Waals surface area contributed by atoms with Crippen LogP contribution in [0.1, 0.15) is 17.7 Å². The fourth-order valence-corrected chi connectivity index (χ4v) is 5.96. The molecule has 1 fully saturated rings. The van der Waals surface area contributed by atoms with Gasteiger partial charge in [-0.2, -0.15) is 4.31 Å². The Labute approximate surface area is 190 Å². The maximum absolute atomic E-state index is 13.4. The highest BCUT2D eigenvalue weighted by Gasteiger charge is 2.34. The lowest BCUT2D eigenvalue weighted by molar-refractivity contribution is -0.123. The third-order valence-electron chi connectivity index (χ3n) is 5.55. The summed E-state index contributed by atoms with van der Waals surface area (Å²) in [5.41, 5.74) is 0.603. The average Bonchev–Trinajstić information content (AvgIpc) is 3.31. The summed E-state index contributed by atoms with van der Waals surface area (Å²) in [6, 6.07) is 14.4. The molecular formula is C23H22F2N2O3S2. The monoisotopic (exact) mass is 476 g/mol. The Morgan fingerprint density at radius 2 is 1.56 bits per heavy atom. The van der Waals surface area contributed by atoms with Crippen molar-refractivity contribution in [3.05, 3.63) is 82.6 Å². The summed E-state index contributed by atoms with van der Waals surface area (Å²) in [7, 11) is -3.74. The summed E-state index contributed by atoms with van der Waals surface area (Å²) >= 11 is 1.53. The Kier molecular flexibility index (Phi) is 6.68. The number of piperidine rings is 1. The van der Waals surface area contributed by atoms with Gasteiger partial charge in [-0.05, 0) is 72.8 Å². The molecule has 0 unspecified atom stereocenters. The van der Waals surface area contributed by atoms with Crippen molar-refractivity contribution in [3.63, 3.8) is 0 Å². The van der Waals surface area contributed by atoms with E-state index in [1.54, 1.807) is 17.0 Å². The number of rotatable bonds is 6. The molecule has 0 atom stereocenters. The Bertz CT molecular complexity index is 1160. The number of hydrogen-bond acceptors (Lipinski definition) is 4. The van der Waals surface area contributed by atoms with Crippen LogP contribution in [0.2, 0.25) is 0 Å². The minimum atomic E-state index is -3.74. The third kappa shape index (κ3) is 4.90. The smallest absolute Gasteiger partial charge is 0.243 e. The van der Waals surface area contributed by atoms with Crippen LogP contribution in [-0.2, 0) is 21.4 Å². The molecular weight excluding hydrogens is 454 g/mol. The number of carbonyl (C=O) groups excluding carboxylic acids is 1. The molecule has 0 N–H and O–H groups in total. The second-order valence-corrected chi connectivity index (χ2v) is 10.6. The standard InChI is InChI=1S/C23H22F2N2O3S2/c24-18-3-7-20(8-4-18)27(16-21-2-1-15-31-21)23(28)17-11-13-26(14-12-17)32(29,30)22-9-5-19(25)6-10-22/h1-10,15,17H,11-14,16H2. The van der Waals surface area contributed by atoms with E-state index in [1.165, 1.54) is 39.9 Å². The lowest BCUT2D eigenvalue weighted by Crippen LogP contribution is -2.44. The van der Waals surface area contributed by atoms with E-state index in [4.69, 9.17) is 0 Å². The summed E-state index contributed by atoms with van der Waals surface area (Å²) in [4.78, 5) is 16.1. The second kappa shape index (κ2) is 9.48. The van der Waals surface area contributed by atoms with E-state index >= 15 is 0 Å². The van der Waals surface area contributed by atoms with E-state index in [-0.39, 0.29) is 35.6 Å². The number of anilines is 1. The van der Waals surface area contributed by atoms with Crippen molar-refractivity contribution in [2.45, 2.75) is 24.3 Å². The Morgan fingerprint density at radius 1 is 0.969 bits per heavy atom. The first kappa shape index (κ1) is 22.6. The van der Waals surface area contributed by atoms with Crippen molar-refractivity contribution in [2.24, 2.45) is 5.92 Å². The maximum Gasteiger partial charge on any atom is 0.243 e. The number of halogens is 2. The first-order valence-corrected chi connectivity index (χ1v) is 12.5. The van der Waals surface area contributed by atoms with Crippen molar-refractivity contribution in [1.82, 2.24) is 4.31 Å². The van der Waals surface area contributed by atoms with Gasteiger partial charge in [0.1, 0.15) is 11.6 Å². The largest absolute Gasteiger partial charge is 0.307 e. The molecule has 32 heavy (non-hydrogen) atoms. The summed E-state index contributed by atoms with van der Waals surface area (Å²) < 4.78 is 53.6. The van der Waals surface area contributed by atoms with Crippen molar-refractivity contribution >= 4 is 33.0 Å². The number of amides is 1. The molecule has 9 heteroatoms. The van der Waals surface area contributed by atoms with Crippen LogP contribution in [0, 0.1) is 17.6 Å². The summed E-state index contributed by atoms with van der Waals surface area (Å²) in [5.74, 6) is -1.33. The van der Waals surface area contributed by atoms with Crippen LogP contribution in [0.15, 0.2) is 70.9 Å². The third-order valence-corrected chi connectivity index (χ3v) is 8.33. The van der Waals surface area contributed by atoms with Crippen LogP contribution in [0.25, 0.3) is 0 Å². The highest BCUT2D eigenvalue weighted by Crippen LogP contribution is 2.29. The molecule has 1 aromatic heterocycles. The number of nitrogens with zero attached hydrogens (tertiary/aromatic N) is 2. The average molecular weight is 477 g/mol. The van der Waals surface area contributed by atoms with E-state index < -0.39 is 15.8 Å². The van der Waals surface area contributed by atoms with Gasteiger partial charge in [0, 0.05) is 29.6 Å². The van der Waals surface area contributed by atoms with Gasteiger partial charge in [-0.15, -0.1) is 11.3 Å². The molecule has 3 aromatic rings. The highest BCUT2D eigenvalue weighted by molar-refractivity contribution is 7.89. The van der Waals surface area contributed by atoms with Gasteiger partial charge in [0.25, 0.3) is 0 Å². The van der Waals surface area contributed by atoms with Crippen LogP contribution in [-0.4, -0.2) is 31.7 Å². The molecule has 5 nitrogen and oxygen atoms in total. The molecule has 1 saturated heterocycles. The number of carbonyl (C=O) groups is 1. The van der Waals surface area contributed by atoms with E-state index in [9.17, 15) is 22.0 Å². The minimum Gasteiger partial charge on any atom is -0.307 e. The van der Waals surface area contributed by atoms with E-state index in [0.717, 1.165) is 17.0 Å². The number of sulfonamides is 1. The van der Waals surface area contributed by atoms with Crippen LogP contribution < -0.4 is 4.90 Å². The van der Waals surface area contributed by atoms with E-state index in [0.29, 0.717) is 25.1 Å². The van der Waals surface area contributed by atoms with Crippen molar-refractivity contribution in [2.75, 3.05) is 18.0 Å². The molecule has 1 amide bonds. The van der Waals surface area contributed by atoms with Gasteiger partial charge in [0.05, 0.1) is 11.4 Å². The number of benzene rings is 2. The van der Waals surface area contributed by atoms with Crippen LogP contribution in [0.4, 0.5) is 14.5 Å². The molecule has 0 saturated carbocycles. The summed E-state index contributed by atoms with van der Waals surface area (Å²) in [6.45, 7) is 0.773. The predicted molar refractivity (Wildman–Crippen MR) is 120 cm³/mol. The Morgan fingerprint density at radius 3 is 2.12 bits per heavy atom. The lowest BCUT2D eigenvalue weighted by atomic mass is 9.96. The topological polar surface area (TPSA) is 57.7 Å². The van der Waals surface area contributed by atoms with Crippen molar-refractivity contribution in [1.29, 1.82) is 0 Å². The lowest BCUT2D eigenvalue weighted by Gasteiger charge is -2.33. The normalized spacial score (nSPS) is 15.6. The van der Waals surface area contributed by atoms with Crippen LogP contribution in [0.5, 0.6) is 0 Å². The molecule has 1 aliphatic rings. The quantitative estimate of drug-likeness (QED) is 0.520. The SMILES string of the molecule is O=C(C1CCN(S(=O)(=O)c2ccc(F)cc2)CC1)N(Cc1cccs1)c1ccc(F)cc1. The Balaban J connectivity index is 1.48. The molecule has 0 bridgehead atoms. The van der Waals surface area contributed by atoms with Gasteiger partial charge >= 0.3 is 0 Å². The van der Waals surface area contributed by atoms with E-state index in [1.807, 2.05) is 17.5 Å². The van der Waals surface area contributed by atoms with Gasteiger partial charge in [0.2, 0.25) is 15.9 Å². The number of thiophene rings is 1. The van der Waals surface area contributed by atoms with E-state index in [2.05, 4.69) is 0 Å². The molecule has 0 aliphatic carbocycles. The predicted octanol–water partition coefficient (Wildman–Crippen LogP) is 4.66. The molecule has 0 spiro atoms. The van der Waals surface area contributed by atoms with Gasteiger partial charge in [-0.1, -0.05) is 6.07 Å². The first-order chi connectivity index (χ1) is 15.3. The molecule has 168 valence electrons. The summed E-state index contributed by atoms with van der Waals surface area (Å²) in [6.07, 6.45) is 0.753. The molecule has 0 radical (unpaired) electrons. The molecule has 2 heterocycles. The molecule has 1 aliphatic heterocycles. The van der Waals surface area contributed by atoms with Crippen molar-refractivity contribution < 1.29 is 22.0 Å². The van der Waals surface area contributed by atoms with Gasteiger partial charge in [-0.25, -0.2) is 17.2 Å². The minimum absolute atomic E-state index is 0.0364. The first-order valence-electron chi connectivity index (χ1n) is 10.2. The number of hydrogen-bond donors (Lipinski definition) is 0. The maximum atomic E-state index is 13.4. The van der Waals surface area contributed by atoms with Gasteiger partial charge in [0.15, 0.2) is 0 Å². The zero-order valence-corrected chi connectivity index (χ0v) is 18.8. The van der Waals surface area contributed by atoms with Crippen LogP contribution in [0.3, 0.4) is 0 Å². The summed E-state index contributed by atoms with van der Waals surface area (Å²) in [5, 5.41) is 1.93.